The SMILES string of the molecule is COc1cc(/C=C(\C#N)C(=O)Nc2ccc(C)c(Cl)c2)cc(I)c1OCc1c(C)ccc2ccccc12. The number of carbonyl (C=O) groups is 1. The van der Waals surface area contributed by atoms with E-state index in [9.17, 15) is 10.1 Å². The fourth-order valence-corrected chi connectivity index (χ4v) is 4.89. The zero-order valence-electron chi connectivity index (χ0n) is 20.6. The lowest BCUT2D eigenvalue weighted by molar-refractivity contribution is -0.112. The van der Waals surface area contributed by atoms with Crippen LogP contribution < -0.4 is 14.8 Å². The summed E-state index contributed by atoms with van der Waals surface area (Å²) in [4.78, 5) is 12.7. The zero-order chi connectivity index (χ0) is 26.5. The van der Waals surface area contributed by atoms with Crippen LogP contribution in [0.25, 0.3) is 16.8 Å². The molecule has 0 bridgehead atoms. The molecule has 0 spiro atoms. The number of halogens is 2. The van der Waals surface area contributed by atoms with Gasteiger partial charge in [0.1, 0.15) is 18.2 Å². The van der Waals surface area contributed by atoms with E-state index in [0.717, 1.165) is 31.0 Å². The quantitative estimate of drug-likeness (QED) is 0.129. The van der Waals surface area contributed by atoms with Gasteiger partial charge in [-0.15, -0.1) is 0 Å². The number of hydrogen-bond acceptors (Lipinski definition) is 4. The minimum atomic E-state index is -0.525. The minimum Gasteiger partial charge on any atom is -0.493 e. The smallest absolute Gasteiger partial charge is 0.266 e. The second kappa shape index (κ2) is 11.7. The van der Waals surface area contributed by atoms with Gasteiger partial charge in [0.2, 0.25) is 0 Å². The lowest BCUT2D eigenvalue weighted by Crippen LogP contribution is -2.13. The van der Waals surface area contributed by atoms with Gasteiger partial charge < -0.3 is 14.8 Å². The molecule has 0 aliphatic rings. The summed E-state index contributed by atoms with van der Waals surface area (Å²) in [6, 6.07) is 23.2. The molecule has 4 aromatic rings. The summed E-state index contributed by atoms with van der Waals surface area (Å²) >= 11 is 8.32. The van der Waals surface area contributed by atoms with Crippen molar-refractivity contribution in [2.45, 2.75) is 20.5 Å². The minimum absolute atomic E-state index is 0.0467. The van der Waals surface area contributed by atoms with Crippen molar-refractivity contribution in [3.63, 3.8) is 0 Å². The Labute approximate surface area is 234 Å². The van der Waals surface area contributed by atoms with Gasteiger partial charge in [-0.05, 0) is 94.2 Å². The molecule has 0 fully saturated rings. The number of methoxy groups -OCH3 is 1. The van der Waals surface area contributed by atoms with E-state index in [0.29, 0.717) is 34.4 Å². The second-order valence-corrected chi connectivity index (χ2v) is 10.1. The summed E-state index contributed by atoms with van der Waals surface area (Å²) in [7, 11) is 1.56. The van der Waals surface area contributed by atoms with Crippen LogP contribution in [0.3, 0.4) is 0 Å². The molecule has 5 nitrogen and oxygen atoms in total. The van der Waals surface area contributed by atoms with Gasteiger partial charge >= 0.3 is 0 Å². The molecule has 0 saturated heterocycles. The molecule has 186 valence electrons. The Morgan fingerprint density at radius 2 is 1.84 bits per heavy atom. The van der Waals surface area contributed by atoms with E-state index in [2.05, 4.69) is 59.1 Å². The normalized spacial score (nSPS) is 11.2. The van der Waals surface area contributed by atoms with Gasteiger partial charge in [-0.2, -0.15) is 5.26 Å². The highest BCUT2D eigenvalue weighted by Gasteiger charge is 2.16. The van der Waals surface area contributed by atoms with Crippen molar-refractivity contribution in [3.8, 4) is 17.6 Å². The Morgan fingerprint density at radius 3 is 2.57 bits per heavy atom. The fourth-order valence-electron chi connectivity index (χ4n) is 3.93. The number of carbonyl (C=O) groups excluding carboxylic acids is 1. The largest absolute Gasteiger partial charge is 0.493 e. The second-order valence-electron chi connectivity index (χ2n) is 8.49. The van der Waals surface area contributed by atoms with E-state index in [1.165, 1.54) is 6.08 Å². The molecule has 1 N–H and O–H groups in total. The van der Waals surface area contributed by atoms with Crippen LogP contribution in [0.5, 0.6) is 11.5 Å². The van der Waals surface area contributed by atoms with Crippen molar-refractivity contribution in [3.05, 3.63) is 103 Å². The van der Waals surface area contributed by atoms with E-state index >= 15 is 0 Å². The molecule has 0 saturated carbocycles. The first kappa shape index (κ1) is 26.5. The Morgan fingerprint density at radius 1 is 1.08 bits per heavy atom. The fraction of sp³-hybridized carbons (Fsp3) is 0.133. The van der Waals surface area contributed by atoms with Crippen LogP contribution in [-0.2, 0) is 11.4 Å². The van der Waals surface area contributed by atoms with Crippen molar-refractivity contribution >= 4 is 62.6 Å². The van der Waals surface area contributed by atoms with E-state index in [-0.39, 0.29) is 5.57 Å². The van der Waals surface area contributed by atoms with Crippen molar-refractivity contribution < 1.29 is 14.3 Å². The van der Waals surface area contributed by atoms with Crippen molar-refractivity contribution in [1.82, 2.24) is 0 Å². The van der Waals surface area contributed by atoms with Crippen LogP contribution in [0.2, 0.25) is 5.02 Å². The topological polar surface area (TPSA) is 71.3 Å². The molecule has 1 amide bonds. The molecule has 0 unspecified atom stereocenters. The first-order valence-corrected chi connectivity index (χ1v) is 12.9. The lowest BCUT2D eigenvalue weighted by Gasteiger charge is -2.16. The van der Waals surface area contributed by atoms with Crippen LogP contribution in [0.4, 0.5) is 5.69 Å². The third kappa shape index (κ3) is 6.07. The number of nitriles is 1. The molecule has 0 aromatic heterocycles. The van der Waals surface area contributed by atoms with Crippen LogP contribution >= 0.6 is 34.2 Å². The molecule has 0 atom stereocenters. The summed E-state index contributed by atoms with van der Waals surface area (Å²) in [5.41, 5.74) is 4.27. The number of hydrogen-bond donors (Lipinski definition) is 1. The summed E-state index contributed by atoms with van der Waals surface area (Å²) in [6.45, 7) is 4.32. The molecular formula is C30H24ClIN2O3. The lowest BCUT2D eigenvalue weighted by atomic mass is 10.0. The highest BCUT2D eigenvalue weighted by molar-refractivity contribution is 14.1. The summed E-state index contributed by atoms with van der Waals surface area (Å²) < 4.78 is 12.7. The van der Waals surface area contributed by atoms with Gasteiger partial charge in [0.15, 0.2) is 11.5 Å². The van der Waals surface area contributed by atoms with Crippen LogP contribution in [0.15, 0.2) is 72.3 Å². The number of amides is 1. The maximum atomic E-state index is 12.7. The van der Waals surface area contributed by atoms with Crippen LogP contribution in [0.1, 0.15) is 22.3 Å². The summed E-state index contributed by atoms with van der Waals surface area (Å²) in [6.07, 6.45) is 1.52. The molecule has 0 aliphatic carbocycles. The summed E-state index contributed by atoms with van der Waals surface area (Å²) in [5.74, 6) is 0.590. The number of aryl methyl sites for hydroxylation is 2. The van der Waals surface area contributed by atoms with Crippen molar-refractivity contribution in [2.75, 3.05) is 12.4 Å². The van der Waals surface area contributed by atoms with E-state index in [1.54, 1.807) is 31.4 Å². The predicted octanol–water partition coefficient (Wildman–Crippen LogP) is 7.85. The Balaban J connectivity index is 1.59. The van der Waals surface area contributed by atoms with E-state index in [4.69, 9.17) is 21.1 Å². The highest BCUT2D eigenvalue weighted by Crippen LogP contribution is 2.36. The van der Waals surface area contributed by atoms with Gasteiger partial charge in [0.05, 0.1) is 10.7 Å². The summed E-state index contributed by atoms with van der Waals surface area (Å²) in [5, 5.41) is 15.2. The van der Waals surface area contributed by atoms with Crippen molar-refractivity contribution in [1.29, 1.82) is 5.26 Å². The Hall–Kier alpha value is -3.54. The molecule has 37 heavy (non-hydrogen) atoms. The number of rotatable bonds is 7. The Bertz CT molecular complexity index is 1570. The predicted molar refractivity (Wildman–Crippen MR) is 157 cm³/mol. The highest BCUT2D eigenvalue weighted by atomic mass is 127. The average molecular weight is 623 g/mol. The third-order valence-corrected chi connectivity index (χ3v) is 7.20. The molecule has 7 heteroatoms. The van der Waals surface area contributed by atoms with Gasteiger partial charge in [-0.3, -0.25) is 4.79 Å². The molecule has 0 aliphatic heterocycles. The number of fused-ring (bicyclic) bond motifs is 1. The monoisotopic (exact) mass is 622 g/mol. The van der Waals surface area contributed by atoms with E-state index < -0.39 is 5.91 Å². The standard InChI is InChI=1S/C30H24ClIN2O3/c1-18-8-10-21-6-4-5-7-24(21)25(18)17-37-29-27(32)13-20(14-28(29)36-3)12-22(16-33)30(35)34-23-11-9-19(2)26(31)15-23/h4-15H,17H2,1-3H3,(H,34,35)/b22-12+. The van der Waals surface area contributed by atoms with E-state index in [1.807, 2.05) is 31.2 Å². The van der Waals surface area contributed by atoms with Crippen LogP contribution in [-0.4, -0.2) is 13.0 Å². The van der Waals surface area contributed by atoms with Gasteiger partial charge in [-0.25, -0.2) is 0 Å². The number of nitrogens with one attached hydrogen (secondary N) is 1. The third-order valence-electron chi connectivity index (χ3n) is 5.99. The maximum absolute atomic E-state index is 12.7. The number of anilines is 1. The van der Waals surface area contributed by atoms with Gasteiger partial charge in [-0.1, -0.05) is 54.1 Å². The van der Waals surface area contributed by atoms with Gasteiger partial charge in [0, 0.05) is 16.3 Å². The maximum Gasteiger partial charge on any atom is 0.266 e. The first-order valence-electron chi connectivity index (χ1n) is 11.5. The van der Waals surface area contributed by atoms with Gasteiger partial charge in [0.25, 0.3) is 5.91 Å². The van der Waals surface area contributed by atoms with Crippen molar-refractivity contribution in [2.24, 2.45) is 0 Å². The molecular weight excluding hydrogens is 599 g/mol. The zero-order valence-corrected chi connectivity index (χ0v) is 23.5. The van der Waals surface area contributed by atoms with Crippen LogP contribution in [0, 0.1) is 28.7 Å². The molecule has 4 rings (SSSR count). The Kier molecular flexibility index (Phi) is 8.37. The average Bonchev–Trinajstić information content (AvgIpc) is 2.89. The number of ether oxygens (including phenoxy) is 2. The molecule has 0 heterocycles. The number of nitrogens with zero attached hydrogens (tertiary/aromatic N) is 1. The molecule has 4 aromatic carbocycles. The first-order chi connectivity index (χ1) is 17.8. The molecule has 0 radical (unpaired) electrons. The number of benzene rings is 4.